The van der Waals surface area contributed by atoms with E-state index >= 15 is 0 Å². The van der Waals surface area contributed by atoms with Crippen molar-refractivity contribution in [2.24, 2.45) is 0 Å². The largest absolute Gasteiger partial charge is 0.445 e. The third-order valence-electron chi connectivity index (χ3n) is 3.52. The molecule has 6 heteroatoms. The van der Waals surface area contributed by atoms with E-state index in [0.717, 1.165) is 22.2 Å². The van der Waals surface area contributed by atoms with Gasteiger partial charge in [0.15, 0.2) is 5.82 Å². The summed E-state index contributed by atoms with van der Waals surface area (Å²) >= 11 is 0. The second-order valence-electron chi connectivity index (χ2n) is 5.41. The lowest BCUT2D eigenvalue weighted by Crippen LogP contribution is -2.16. The van der Waals surface area contributed by atoms with Gasteiger partial charge < -0.3 is 4.74 Å². The Morgan fingerprint density at radius 1 is 1.33 bits per heavy atom. The first-order chi connectivity index (χ1) is 11.6. The summed E-state index contributed by atoms with van der Waals surface area (Å²) in [6.07, 6.45) is 0.949. The number of hydrogen-bond donors (Lipinski definition) is 1. The summed E-state index contributed by atoms with van der Waals surface area (Å²) in [5.41, 5.74) is 2.73. The zero-order valence-corrected chi connectivity index (χ0v) is 13.6. The van der Waals surface area contributed by atoms with Crippen LogP contribution in [0.1, 0.15) is 11.3 Å². The van der Waals surface area contributed by atoms with Crippen LogP contribution in [-0.2, 0) is 4.74 Å². The Hall–Kier alpha value is -3.15. The van der Waals surface area contributed by atoms with Gasteiger partial charge in [0.2, 0.25) is 0 Å². The van der Waals surface area contributed by atoms with Crippen LogP contribution in [0.3, 0.4) is 0 Å². The average Bonchev–Trinajstić information content (AvgIpc) is 2.93. The smallest absolute Gasteiger partial charge is 0.413 e. The van der Waals surface area contributed by atoms with Crippen molar-refractivity contribution < 1.29 is 9.53 Å². The molecule has 2 aromatic heterocycles. The van der Waals surface area contributed by atoms with Crippen LogP contribution in [0.15, 0.2) is 49.1 Å². The van der Waals surface area contributed by atoms with E-state index in [1.807, 2.05) is 44.2 Å². The van der Waals surface area contributed by atoms with Crippen molar-refractivity contribution in [2.45, 2.75) is 13.8 Å². The molecule has 0 saturated carbocycles. The van der Waals surface area contributed by atoms with Gasteiger partial charge in [-0.3, -0.25) is 5.32 Å². The maximum atomic E-state index is 11.8. The number of carbonyl (C=O) groups is 1. The van der Waals surface area contributed by atoms with Gasteiger partial charge in [-0.1, -0.05) is 30.9 Å². The Kier molecular flexibility index (Phi) is 4.29. The van der Waals surface area contributed by atoms with Gasteiger partial charge in [-0.25, -0.2) is 9.78 Å². The molecule has 1 N–H and O–H groups in total. The van der Waals surface area contributed by atoms with E-state index < -0.39 is 6.09 Å². The van der Waals surface area contributed by atoms with Crippen LogP contribution in [-0.4, -0.2) is 27.5 Å². The average molecular weight is 322 g/mol. The van der Waals surface area contributed by atoms with Gasteiger partial charge in [-0.05, 0) is 31.5 Å². The number of nitrogens with zero attached hydrogens (tertiary/aromatic N) is 3. The monoisotopic (exact) mass is 322 g/mol. The van der Waals surface area contributed by atoms with Crippen LogP contribution in [0.5, 0.6) is 0 Å². The molecule has 0 atom stereocenters. The van der Waals surface area contributed by atoms with Crippen molar-refractivity contribution in [3.05, 3.63) is 60.3 Å². The molecule has 0 saturated heterocycles. The van der Waals surface area contributed by atoms with E-state index in [2.05, 4.69) is 22.0 Å². The summed E-state index contributed by atoms with van der Waals surface area (Å²) < 4.78 is 6.56. The van der Waals surface area contributed by atoms with Gasteiger partial charge in [-0.2, -0.15) is 9.78 Å². The minimum Gasteiger partial charge on any atom is -0.445 e. The van der Waals surface area contributed by atoms with Gasteiger partial charge >= 0.3 is 6.09 Å². The molecule has 1 amide bonds. The Morgan fingerprint density at radius 2 is 2.12 bits per heavy atom. The van der Waals surface area contributed by atoms with Gasteiger partial charge in [0, 0.05) is 11.5 Å². The summed E-state index contributed by atoms with van der Waals surface area (Å²) in [4.78, 5) is 16.4. The molecule has 0 aliphatic rings. The number of aryl methyl sites for hydroxylation is 2. The molecule has 0 radical (unpaired) electrons. The molecular formula is C18H18N4O2. The van der Waals surface area contributed by atoms with Crippen molar-refractivity contribution in [3.8, 4) is 5.82 Å². The van der Waals surface area contributed by atoms with Crippen molar-refractivity contribution in [3.63, 3.8) is 0 Å². The number of amides is 1. The lowest BCUT2D eigenvalue weighted by atomic mass is 10.1. The maximum Gasteiger partial charge on any atom is 0.413 e. The molecule has 0 aliphatic carbocycles. The number of nitrogens with one attached hydrogen (secondary N) is 1. The van der Waals surface area contributed by atoms with Crippen LogP contribution >= 0.6 is 0 Å². The fraction of sp³-hybridized carbons (Fsp3) is 0.167. The predicted molar refractivity (Wildman–Crippen MR) is 93.5 cm³/mol. The van der Waals surface area contributed by atoms with E-state index in [-0.39, 0.29) is 6.61 Å². The summed E-state index contributed by atoms with van der Waals surface area (Å²) in [7, 11) is 0. The summed E-state index contributed by atoms with van der Waals surface area (Å²) in [6.45, 7) is 7.54. The van der Waals surface area contributed by atoms with Gasteiger partial charge in [0.05, 0.1) is 11.2 Å². The van der Waals surface area contributed by atoms with Crippen LogP contribution in [0, 0.1) is 13.8 Å². The van der Waals surface area contributed by atoms with Crippen molar-refractivity contribution in [1.29, 1.82) is 0 Å². The van der Waals surface area contributed by atoms with Gasteiger partial charge in [0.25, 0.3) is 0 Å². The molecule has 2 heterocycles. The van der Waals surface area contributed by atoms with E-state index in [1.54, 1.807) is 10.7 Å². The van der Waals surface area contributed by atoms with Crippen LogP contribution in [0.4, 0.5) is 10.6 Å². The number of benzene rings is 1. The molecule has 3 rings (SSSR count). The first kappa shape index (κ1) is 15.7. The number of ether oxygens (including phenoxy) is 1. The number of rotatable bonds is 4. The minimum atomic E-state index is -0.562. The molecule has 0 spiro atoms. The number of fused-ring (bicyclic) bond motifs is 1. The Balaban J connectivity index is 2.00. The Bertz CT molecular complexity index is 915. The second kappa shape index (κ2) is 6.54. The Morgan fingerprint density at radius 3 is 2.92 bits per heavy atom. The molecule has 0 unspecified atom stereocenters. The third-order valence-corrected chi connectivity index (χ3v) is 3.52. The number of pyridine rings is 1. The highest BCUT2D eigenvalue weighted by atomic mass is 16.5. The SMILES string of the molecule is C=CCOC(=O)Nc1cc(C)nn1-c1cc(C)c2ccccc2n1. The molecule has 122 valence electrons. The van der Waals surface area contributed by atoms with E-state index in [0.29, 0.717) is 11.6 Å². The van der Waals surface area contributed by atoms with Crippen molar-refractivity contribution >= 4 is 22.8 Å². The van der Waals surface area contributed by atoms with E-state index in [1.165, 1.54) is 6.08 Å². The molecule has 0 bridgehead atoms. The molecule has 24 heavy (non-hydrogen) atoms. The van der Waals surface area contributed by atoms with Gasteiger partial charge in [-0.15, -0.1) is 0 Å². The number of carbonyl (C=O) groups excluding carboxylic acids is 1. The first-order valence-corrected chi connectivity index (χ1v) is 7.56. The zero-order chi connectivity index (χ0) is 17.1. The molecular weight excluding hydrogens is 304 g/mol. The summed E-state index contributed by atoms with van der Waals surface area (Å²) in [5, 5.41) is 8.20. The Labute approximate surface area is 139 Å². The fourth-order valence-corrected chi connectivity index (χ4v) is 2.48. The predicted octanol–water partition coefficient (Wildman–Crippen LogP) is 3.77. The third kappa shape index (κ3) is 3.12. The normalized spacial score (nSPS) is 10.6. The highest BCUT2D eigenvalue weighted by Gasteiger charge is 2.13. The van der Waals surface area contributed by atoms with Crippen molar-refractivity contribution in [1.82, 2.24) is 14.8 Å². The lowest BCUT2D eigenvalue weighted by molar-refractivity contribution is 0.174. The van der Waals surface area contributed by atoms with Crippen LogP contribution in [0.2, 0.25) is 0 Å². The second-order valence-corrected chi connectivity index (χ2v) is 5.41. The zero-order valence-electron chi connectivity index (χ0n) is 13.6. The van der Waals surface area contributed by atoms with Crippen LogP contribution < -0.4 is 5.32 Å². The topological polar surface area (TPSA) is 69.0 Å². The molecule has 6 nitrogen and oxygen atoms in total. The fourth-order valence-electron chi connectivity index (χ4n) is 2.48. The lowest BCUT2D eigenvalue weighted by Gasteiger charge is -2.10. The standard InChI is InChI=1S/C18H18N4O2/c1-4-9-24-18(23)20-17-11-13(3)21-22(17)16-10-12(2)14-7-5-6-8-15(14)19-16/h4-8,10-11H,1,9H2,2-3H3,(H,20,23). The number of anilines is 1. The molecule has 1 aromatic carbocycles. The molecule has 0 fully saturated rings. The van der Waals surface area contributed by atoms with Crippen molar-refractivity contribution in [2.75, 3.05) is 11.9 Å². The highest BCUT2D eigenvalue weighted by molar-refractivity contribution is 5.85. The molecule has 3 aromatic rings. The maximum absolute atomic E-state index is 11.8. The van der Waals surface area contributed by atoms with Gasteiger partial charge in [0.1, 0.15) is 12.4 Å². The number of para-hydroxylation sites is 1. The van der Waals surface area contributed by atoms with E-state index in [9.17, 15) is 4.79 Å². The number of hydrogen-bond acceptors (Lipinski definition) is 4. The summed E-state index contributed by atoms with van der Waals surface area (Å²) in [5.74, 6) is 1.14. The van der Waals surface area contributed by atoms with Crippen LogP contribution in [0.25, 0.3) is 16.7 Å². The first-order valence-electron chi connectivity index (χ1n) is 7.56. The summed E-state index contributed by atoms with van der Waals surface area (Å²) in [6, 6.07) is 11.6. The highest BCUT2D eigenvalue weighted by Crippen LogP contribution is 2.22. The molecule has 0 aliphatic heterocycles. The minimum absolute atomic E-state index is 0.145. The quantitative estimate of drug-likeness (QED) is 0.742. The van der Waals surface area contributed by atoms with E-state index in [4.69, 9.17) is 4.74 Å². The number of aromatic nitrogens is 3.